The number of aliphatic carboxylic acids is 1. The van der Waals surface area contributed by atoms with Crippen LogP contribution in [0.25, 0.3) is 0 Å². The Morgan fingerprint density at radius 3 is 2.77 bits per heavy atom. The number of rotatable bonds is 3. The van der Waals surface area contributed by atoms with Gasteiger partial charge in [0.05, 0.1) is 5.69 Å². The lowest BCUT2D eigenvalue weighted by molar-refractivity contribution is -0.139. The fourth-order valence-corrected chi connectivity index (χ4v) is 1.47. The minimum Gasteiger partial charge on any atom is -0.481 e. The molecule has 4 nitrogen and oxygen atoms in total. The number of aromatic nitrogens is 2. The summed E-state index contributed by atoms with van der Waals surface area (Å²) in [5, 5.41) is 8.97. The number of carboxylic acid groups (broad SMARTS) is 1. The van der Waals surface area contributed by atoms with E-state index in [0.717, 1.165) is 12.8 Å². The van der Waals surface area contributed by atoms with Gasteiger partial charge in [0.1, 0.15) is 5.92 Å². The largest absolute Gasteiger partial charge is 0.481 e. The van der Waals surface area contributed by atoms with Crippen LogP contribution in [0.15, 0.2) is 18.6 Å². The predicted octanol–water partition coefficient (Wildman–Crippen LogP) is 1.05. The molecule has 0 amide bonds. The van der Waals surface area contributed by atoms with Crippen LogP contribution in [0.2, 0.25) is 0 Å². The number of carbonyl (C=O) groups is 1. The smallest absolute Gasteiger partial charge is 0.312 e. The molecule has 2 rings (SSSR count). The average Bonchev–Trinajstić information content (AvgIpc) is 2.90. The molecule has 1 N–H and O–H groups in total. The Balaban J connectivity index is 2.25. The van der Waals surface area contributed by atoms with Crippen molar-refractivity contribution in [1.82, 2.24) is 9.97 Å². The third-order valence-electron chi connectivity index (χ3n) is 2.26. The van der Waals surface area contributed by atoms with Crippen molar-refractivity contribution in [3.63, 3.8) is 0 Å². The van der Waals surface area contributed by atoms with Crippen molar-refractivity contribution in [2.24, 2.45) is 5.92 Å². The number of carboxylic acids is 1. The van der Waals surface area contributed by atoms with Crippen LogP contribution in [0.3, 0.4) is 0 Å². The molecule has 1 aromatic rings. The van der Waals surface area contributed by atoms with Crippen LogP contribution in [0.4, 0.5) is 0 Å². The van der Waals surface area contributed by atoms with Gasteiger partial charge in [-0.2, -0.15) is 0 Å². The second-order valence-corrected chi connectivity index (χ2v) is 3.28. The van der Waals surface area contributed by atoms with Crippen LogP contribution in [-0.2, 0) is 4.79 Å². The van der Waals surface area contributed by atoms with E-state index >= 15 is 0 Å². The maximum absolute atomic E-state index is 10.9. The molecule has 0 bridgehead atoms. The van der Waals surface area contributed by atoms with Gasteiger partial charge in [0.15, 0.2) is 0 Å². The van der Waals surface area contributed by atoms with E-state index in [1.165, 1.54) is 12.4 Å². The van der Waals surface area contributed by atoms with Gasteiger partial charge >= 0.3 is 5.97 Å². The van der Waals surface area contributed by atoms with Crippen molar-refractivity contribution in [1.29, 1.82) is 0 Å². The van der Waals surface area contributed by atoms with Crippen molar-refractivity contribution in [2.45, 2.75) is 18.8 Å². The third-order valence-corrected chi connectivity index (χ3v) is 2.26. The zero-order valence-corrected chi connectivity index (χ0v) is 7.05. The first-order chi connectivity index (χ1) is 6.29. The first-order valence-corrected chi connectivity index (χ1v) is 4.28. The Morgan fingerprint density at radius 1 is 1.54 bits per heavy atom. The normalized spacial score (nSPS) is 18.2. The summed E-state index contributed by atoms with van der Waals surface area (Å²) in [5.41, 5.74) is 0.581. The predicted molar refractivity (Wildman–Crippen MR) is 45.1 cm³/mol. The maximum atomic E-state index is 10.9. The first kappa shape index (κ1) is 8.16. The molecule has 1 saturated carbocycles. The Morgan fingerprint density at radius 2 is 2.31 bits per heavy atom. The van der Waals surface area contributed by atoms with E-state index in [1.54, 1.807) is 6.20 Å². The lowest BCUT2D eigenvalue weighted by Crippen LogP contribution is -2.15. The Kier molecular flexibility index (Phi) is 1.96. The van der Waals surface area contributed by atoms with E-state index in [1.807, 2.05) is 0 Å². The lowest BCUT2D eigenvalue weighted by Gasteiger charge is -2.08. The summed E-state index contributed by atoms with van der Waals surface area (Å²) in [6.45, 7) is 0. The Labute approximate surface area is 75.6 Å². The second-order valence-electron chi connectivity index (χ2n) is 3.28. The molecule has 1 unspecified atom stereocenters. The molecule has 1 heterocycles. The number of hydrogen-bond acceptors (Lipinski definition) is 3. The molecular formula is C9H10N2O2. The molecule has 4 heteroatoms. The van der Waals surface area contributed by atoms with Crippen LogP contribution >= 0.6 is 0 Å². The fourth-order valence-electron chi connectivity index (χ4n) is 1.47. The van der Waals surface area contributed by atoms with Gasteiger partial charge in [-0.05, 0) is 18.8 Å². The number of hydrogen-bond donors (Lipinski definition) is 1. The van der Waals surface area contributed by atoms with Crippen LogP contribution in [0.5, 0.6) is 0 Å². The molecule has 0 aromatic carbocycles. The van der Waals surface area contributed by atoms with Crippen molar-refractivity contribution in [3.05, 3.63) is 24.3 Å². The fraction of sp³-hybridized carbons (Fsp3) is 0.444. The minimum atomic E-state index is -0.789. The van der Waals surface area contributed by atoms with Gasteiger partial charge in [0.2, 0.25) is 0 Å². The standard InChI is InChI=1S/C9H10N2O2/c12-9(13)8(6-1-2-6)7-5-10-3-4-11-7/h3-6,8H,1-2H2,(H,12,13). The average molecular weight is 178 g/mol. The molecular weight excluding hydrogens is 168 g/mol. The zero-order chi connectivity index (χ0) is 9.26. The molecule has 0 spiro atoms. The maximum Gasteiger partial charge on any atom is 0.312 e. The summed E-state index contributed by atoms with van der Waals surface area (Å²) in [6, 6.07) is 0. The number of nitrogens with zero attached hydrogens (tertiary/aromatic N) is 2. The molecule has 68 valence electrons. The highest BCUT2D eigenvalue weighted by Gasteiger charge is 2.38. The summed E-state index contributed by atoms with van der Waals surface area (Å²) in [5.74, 6) is -0.967. The van der Waals surface area contributed by atoms with Crippen molar-refractivity contribution < 1.29 is 9.90 Å². The zero-order valence-electron chi connectivity index (χ0n) is 7.05. The quantitative estimate of drug-likeness (QED) is 0.751. The molecule has 1 aromatic heterocycles. The van der Waals surface area contributed by atoms with Crippen LogP contribution in [0.1, 0.15) is 24.5 Å². The van der Waals surface area contributed by atoms with Crippen LogP contribution < -0.4 is 0 Å². The van der Waals surface area contributed by atoms with E-state index < -0.39 is 11.9 Å². The molecule has 0 radical (unpaired) electrons. The van der Waals surface area contributed by atoms with E-state index in [4.69, 9.17) is 5.11 Å². The molecule has 13 heavy (non-hydrogen) atoms. The molecule has 1 aliphatic carbocycles. The molecule has 1 aliphatic rings. The lowest BCUT2D eigenvalue weighted by atomic mass is 10.0. The summed E-state index contributed by atoms with van der Waals surface area (Å²) >= 11 is 0. The van der Waals surface area contributed by atoms with Gasteiger partial charge < -0.3 is 5.11 Å². The van der Waals surface area contributed by atoms with Gasteiger partial charge in [-0.3, -0.25) is 14.8 Å². The van der Waals surface area contributed by atoms with Crippen molar-refractivity contribution in [2.75, 3.05) is 0 Å². The monoisotopic (exact) mass is 178 g/mol. The van der Waals surface area contributed by atoms with Gasteiger partial charge in [-0.25, -0.2) is 0 Å². The first-order valence-electron chi connectivity index (χ1n) is 4.28. The molecule has 1 atom stereocenters. The summed E-state index contributed by atoms with van der Waals surface area (Å²) in [4.78, 5) is 18.8. The van der Waals surface area contributed by atoms with Crippen LogP contribution in [0, 0.1) is 5.92 Å². The van der Waals surface area contributed by atoms with Crippen molar-refractivity contribution in [3.8, 4) is 0 Å². The Hall–Kier alpha value is -1.45. The Bertz CT molecular complexity index is 309. The third kappa shape index (κ3) is 1.66. The highest BCUT2D eigenvalue weighted by molar-refractivity contribution is 5.76. The van der Waals surface area contributed by atoms with Gasteiger partial charge in [0, 0.05) is 18.6 Å². The van der Waals surface area contributed by atoms with Crippen molar-refractivity contribution >= 4 is 5.97 Å². The summed E-state index contributed by atoms with van der Waals surface area (Å²) < 4.78 is 0. The second kappa shape index (κ2) is 3.12. The molecule has 0 saturated heterocycles. The van der Waals surface area contributed by atoms with Gasteiger partial charge in [-0.15, -0.1) is 0 Å². The van der Waals surface area contributed by atoms with E-state index in [2.05, 4.69) is 9.97 Å². The topological polar surface area (TPSA) is 63.1 Å². The van der Waals surface area contributed by atoms with E-state index in [9.17, 15) is 4.79 Å². The van der Waals surface area contributed by atoms with Gasteiger partial charge in [0.25, 0.3) is 0 Å². The van der Waals surface area contributed by atoms with Crippen LogP contribution in [-0.4, -0.2) is 21.0 Å². The van der Waals surface area contributed by atoms with Gasteiger partial charge in [-0.1, -0.05) is 0 Å². The van der Waals surface area contributed by atoms with E-state index in [-0.39, 0.29) is 5.92 Å². The highest BCUT2D eigenvalue weighted by atomic mass is 16.4. The minimum absolute atomic E-state index is 0.272. The highest BCUT2D eigenvalue weighted by Crippen LogP contribution is 2.41. The summed E-state index contributed by atoms with van der Waals surface area (Å²) in [7, 11) is 0. The van der Waals surface area contributed by atoms with E-state index in [0.29, 0.717) is 5.69 Å². The summed E-state index contributed by atoms with van der Waals surface area (Å²) in [6.07, 6.45) is 6.61. The molecule has 0 aliphatic heterocycles. The SMILES string of the molecule is O=C(O)C(c1cnccn1)C1CC1. The molecule has 1 fully saturated rings.